The maximum absolute atomic E-state index is 2.52. The van der Waals surface area contributed by atoms with Gasteiger partial charge in [0.05, 0.1) is 22.1 Å². The molecule has 0 fully saturated rings. The van der Waals surface area contributed by atoms with E-state index in [0.717, 1.165) is 0 Å². The third-order valence-electron chi connectivity index (χ3n) is 11.0. The lowest BCUT2D eigenvalue weighted by Gasteiger charge is -2.45. The number of fused-ring (bicyclic) bond motifs is 11. The van der Waals surface area contributed by atoms with Crippen LogP contribution in [0.5, 0.6) is 0 Å². The maximum atomic E-state index is 2.52. The van der Waals surface area contributed by atoms with Crippen molar-refractivity contribution in [3.8, 4) is 39.1 Å². The normalized spacial score (nSPS) is 15.5. The third-order valence-corrected chi connectivity index (χ3v) is 12.2. The minimum Gasteiger partial charge on any atom is -0.309 e. The Bertz CT molecular complexity index is 2770. The van der Waals surface area contributed by atoms with Crippen LogP contribution in [0.3, 0.4) is 0 Å². The van der Waals surface area contributed by atoms with Gasteiger partial charge in [0.1, 0.15) is 0 Å². The van der Waals surface area contributed by atoms with E-state index in [9.17, 15) is 0 Å². The Morgan fingerprint density at radius 3 is 1.75 bits per heavy atom. The quantitative estimate of drug-likeness (QED) is 0.182. The van der Waals surface area contributed by atoms with Crippen molar-refractivity contribution in [2.75, 3.05) is 0 Å². The summed E-state index contributed by atoms with van der Waals surface area (Å²) in [6.45, 7) is 0. The Kier molecular flexibility index (Phi) is 6.17. The summed E-state index contributed by atoms with van der Waals surface area (Å²) in [5, 5.41) is 2.59. The monoisotopic (exact) mass is 665 g/mol. The number of aromatic nitrogens is 1. The van der Waals surface area contributed by atoms with Crippen LogP contribution in [0.1, 0.15) is 22.3 Å². The molecule has 1 nitrogen and oxygen atoms in total. The predicted molar refractivity (Wildman–Crippen MR) is 213 cm³/mol. The van der Waals surface area contributed by atoms with Crippen molar-refractivity contribution in [2.24, 2.45) is 0 Å². The first kappa shape index (κ1) is 28.7. The van der Waals surface area contributed by atoms with Gasteiger partial charge in [-0.2, -0.15) is 0 Å². The molecule has 0 N–H and O–H groups in total. The highest BCUT2D eigenvalue weighted by atomic mass is 32.2. The van der Waals surface area contributed by atoms with Crippen molar-refractivity contribution in [2.45, 2.75) is 15.2 Å². The summed E-state index contributed by atoms with van der Waals surface area (Å²) in [4.78, 5) is 2.62. The lowest BCUT2D eigenvalue weighted by Crippen LogP contribution is -2.37. The lowest BCUT2D eigenvalue weighted by molar-refractivity contribution is 0.690. The fourth-order valence-corrected chi connectivity index (χ4v) is 10.3. The predicted octanol–water partition coefficient (Wildman–Crippen LogP) is 12.9. The molecule has 9 aromatic rings. The smallest absolute Gasteiger partial charge is 0.0764 e. The molecule has 2 aliphatic heterocycles. The van der Waals surface area contributed by atoms with Gasteiger partial charge in [-0.25, -0.2) is 0 Å². The molecule has 0 saturated carbocycles. The van der Waals surface area contributed by atoms with Crippen LogP contribution >= 0.6 is 11.8 Å². The van der Waals surface area contributed by atoms with E-state index < -0.39 is 5.41 Å². The van der Waals surface area contributed by atoms with Crippen molar-refractivity contribution < 1.29 is 0 Å². The first-order valence-electron chi connectivity index (χ1n) is 17.6. The van der Waals surface area contributed by atoms with Gasteiger partial charge in [0.2, 0.25) is 0 Å². The van der Waals surface area contributed by atoms with E-state index in [1.807, 2.05) is 11.8 Å². The van der Waals surface area contributed by atoms with Crippen LogP contribution < -0.4 is 0 Å². The number of hydrogen-bond acceptors (Lipinski definition) is 1. The van der Waals surface area contributed by atoms with Gasteiger partial charge >= 0.3 is 0 Å². The van der Waals surface area contributed by atoms with E-state index in [2.05, 4.69) is 193 Å². The lowest BCUT2D eigenvalue weighted by atomic mass is 9.62. The zero-order valence-corrected chi connectivity index (χ0v) is 28.6. The molecule has 8 aromatic carbocycles. The Balaban J connectivity index is 1.26. The molecule has 11 rings (SSSR count). The molecule has 0 radical (unpaired) electrons. The average molecular weight is 666 g/mol. The molecule has 0 amide bonds. The van der Waals surface area contributed by atoms with Gasteiger partial charge in [0.15, 0.2) is 0 Å². The molecule has 0 bridgehead atoms. The number of hydrogen-bond donors (Lipinski definition) is 0. The fraction of sp³-hybridized carbons (Fsp3) is 0.0204. The number of para-hydroxylation sites is 3. The number of rotatable bonds is 3. The SMILES string of the molecule is c1ccc(-c2cc(-c3ccccc3)cc(-c3cccc4c3Sc3ccccc3C43c4ccccc4-n4c5ccccc5c5cccc3c54)c2)cc1. The van der Waals surface area contributed by atoms with Gasteiger partial charge < -0.3 is 4.57 Å². The van der Waals surface area contributed by atoms with Gasteiger partial charge in [0, 0.05) is 20.6 Å². The highest BCUT2D eigenvalue weighted by Gasteiger charge is 2.49. The maximum Gasteiger partial charge on any atom is 0.0764 e. The van der Waals surface area contributed by atoms with E-state index in [0.29, 0.717) is 0 Å². The Morgan fingerprint density at radius 2 is 0.961 bits per heavy atom. The van der Waals surface area contributed by atoms with Gasteiger partial charge in [-0.15, -0.1) is 0 Å². The van der Waals surface area contributed by atoms with Crippen LogP contribution in [0.4, 0.5) is 0 Å². The van der Waals surface area contributed by atoms with Gasteiger partial charge in [-0.05, 0) is 92.0 Å². The summed E-state index contributed by atoms with van der Waals surface area (Å²) >= 11 is 1.92. The minimum absolute atomic E-state index is 0.507. The van der Waals surface area contributed by atoms with Crippen LogP contribution in [-0.2, 0) is 5.41 Å². The Morgan fingerprint density at radius 1 is 0.392 bits per heavy atom. The highest BCUT2D eigenvalue weighted by molar-refractivity contribution is 7.99. The molecule has 51 heavy (non-hydrogen) atoms. The topological polar surface area (TPSA) is 4.93 Å². The van der Waals surface area contributed by atoms with Crippen LogP contribution in [-0.4, -0.2) is 4.57 Å². The van der Waals surface area contributed by atoms with E-state index in [1.54, 1.807) is 0 Å². The standard InChI is InChI=1S/C49H31NS/c1-3-15-32(16-4-1)34-29-35(33-17-5-2-6-18-33)31-36(30-34)37-20-13-25-43-48(37)51-46-28-12-9-23-41(46)49(43)40-22-8-11-27-45(40)50-44-26-10-7-19-38(44)39-21-14-24-42(49)47(39)50/h1-31H. The highest BCUT2D eigenvalue weighted by Crippen LogP contribution is 2.61. The first-order chi connectivity index (χ1) is 25.3. The summed E-state index contributed by atoms with van der Waals surface area (Å²) in [5.74, 6) is 0. The molecule has 238 valence electrons. The zero-order chi connectivity index (χ0) is 33.5. The van der Waals surface area contributed by atoms with Gasteiger partial charge in [-0.3, -0.25) is 0 Å². The largest absolute Gasteiger partial charge is 0.309 e. The second kappa shape index (κ2) is 11.0. The first-order valence-corrected chi connectivity index (χ1v) is 18.4. The fourth-order valence-electron chi connectivity index (χ4n) is 8.95. The second-order valence-electron chi connectivity index (χ2n) is 13.6. The van der Waals surface area contributed by atoms with Crippen molar-refractivity contribution in [1.29, 1.82) is 0 Å². The minimum atomic E-state index is -0.507. The zero-order valence-electron chi connectivity index (χ0n) is 27.8. The van der Waals surface area contributed by atoms with Crippen LogP contribution in [0.2, 0.25) is 0 Å². The second-order valence-corrected chi connectivity index (χ2v) is 14.7. The van der Waals surface area contributed by atoms with Crippen molar-refractivity contribution in [1.82, 2.24) is 4.57 Å². The van der Waals surface area contributed by atoms with Crippen molar-refractivity contribution in [3.05, 3.63) is 210 Å². The molecule has 2 aliphatic rings. The summed E-state index contributed by atoms with van der Waals surface area (Å²) in [7, 11) is 0. The van der Waals surface area contributed by atoms with Crippen molar-refractivity contribution >= 4 is 33.6 Å². The van der Waals surface area contributed by atoms with Gasteiger partial charge in [0.25, 0.3) is 0 Å². The molecule has 1 unspecified atom stereocenters. The van der Waals surface area contributed by atoms with Crippen LogP contribution in [0.15, 0.2) is 198 Å². The molecular weight excluding hydrogens is 635 g/mol. The summed E-state index contributed by atoms with van der Waals surface area (Å²) in [6, 6.07) is 69.8. The summed E-state index contributed by atoms with van der Waals surface area (Å²) in [6.07, 6.45) is 0. The molecule has 1 spiro atoms. The Hall–Kier alpha value is -6.09. The molecule has 2 heteroatoms. The Labute approximate surface area is 301 Å². The van der Waals surface area contributed by atoms with E-state index in [4.69, 9.17) is 0 Å². The number of benzene rings is 8. The van der Waals surface area contributed by atoms with E-state index >= 15 is 0 Å². The van der Waals surface area contributed by atoms with Crippen LogP contribution in [0, 0.1) is 0 Å². The summed E-state index contributed by atoms with van der Waals surface area (Å²) < 4.78 is 2.52. The van der Waals surface area contributed by atoms with Crippen molar-refractivity contribution in [3.63, 3.8) is 0 Å². The summed E-state index contributed by atoms with van der Waals surface area (Å²) in [5.41, 5.74) is 16.0. The third kappa shape index (κ3) is 4.00. The molecule has 1 aromatic heterocycles. The number of nitrogens with zero attached hydrogens (tertiary/aromatic N) is 1. The van der Waals surface area contributed by atoms with E-state index in [-0.39, 0.29) is 0 Å². The average Bonchev–Trinajstić information content (AvgIpc) is 3.55. The molecule has 3 heterocycles. The van der Waals surface area contributed by atoms with E-state index in [1.165, 1.54) is 92.9 Å². The molecular formula is C49H31NS. The van der Waals surface area contributed by atoms with Gasteiger partial charge in [-0.1, -0.05) is 163 Å². The van der Waals surface area contributed by atoms with Crippen LogP contribution in [0.25, 0.3) is 60.9 Å². The molecule has 0 saturated heterocycles. The molecule has 1 atom stereocenters. The molecule has 0 aliphatic carbocycles.